The predicted molar refractivity (Wildman–Crippen MR) is 67.1 cm³/mol. The van der Waals surface area contributed by atoms with Crippen molar-refractivity contribution < 1.29 is 9.53 Å². The van der Waals surface area contributed by atoms with Crippen molar-refractivity contribution in [1.82, 2.24) is 0 Å². The van der Waals surface area contributed by atoms with Crippen LogP contribution in [0.3, 0.4) is 0 Å². The first kappa shape index (κ1) is 14.7. The lowest BCUT2D eigenvalue weighted by molar-refractivity contribution is -0.114. The number of rotatable bonds is 4. The van der Waals surface area contributed by atoms with E-state index in [0.29, 0.717) is 11.4 Å². The number of para-hydroxylation sites is 2. The van der Waals surface area contributed by atoms with Gasteiger partial charge in [-0.05, 0) is 26.0 Å². The number of carbonyl (C=O) groups is 1. The summed E-state index contributed by atoms with van der Waals surface area (Å²) in [5, 5.41) is 2.68. The normalized spacial score (nSPS) is 9.50. The largest absolute Gasteiger partial charge is 0.489 e. The Morgan fingerprint density at radius 2 is 2.06 bits per heavy atom. The second-order valence-corrected chi connectivity index (χ2v) is 3.42. The minimum Gasteiger partial charge on any atom is -0.489 e. The molecule has 3 N–H and O–H groups in total. The number of anilines is 1. The van der Waals surface area contributed by atoms with Crippen LogP contribution in [0.5, 0.6) is 5.75 Å². The first-order valence-corrected chi connectivity index (χ1v) is 4.89. The number of amides is 1. The van der Waals surface area contributed by atoms with Gasteiger partial charge >= 0.3 is 0 Å². The van der Waals surface area contributed by atoms with Crippen molar-refractivity contribution in [2.75, 3.05) is 11.9 Å². The standard InChI is InChI=1S/C11H16N2O2.ClH/c1-8(2)15-10-6-4-3-5-9(10)13-11(14)7-12;/h3-6,8H,7,12H2,1-2H3,(H,13,14);1H. The lowest BCUT2D eigenvalue weighted by Crippen LogP contribution is -2.22. The van der Waals surface area contributed by atoms with Crippen LogP contribution in [0.1, 0.15) is 13.8 Å². The van der Waals surface area contributed by atoms with E-state index in [9.17, 15) is 4.79 Å². The Kier molecular flexibility index (Phi) is 6.53. The van der Waals surface area contributed by atoms with Gasteiger partial charge in [0.1, 0.15) is 5.75 Å². The first-order chi connectivity index (χ1) is 7.13. The quantitative estimate of drug-likeness (QED) is 0.849. The minimum absolute atomic E-state index is 0. The summed E-state index contributed by atoms with van der Waals surface area (Å²) in [5.74, 6) is 0.434. The maximum Gasteiger partial charge on any atom is 0.238 e. The van der Waals surface area contributed by atoms with Gasteiger partial charge in [0.15, 0.2) is 0 Å². The molecular formula is C11H17ClN2O2. The fraction of sp³-hybridized carbons (Fsp3) is 0.364. The summed E-state index contributed by atoms with van der Waals surface area (Å²) < 4.78 is 5.54. The molecule has 16 heavy (non-hydrogen) atoms. The predicted octanol–water partition coefficient (Wildman–Crippen LogP) is 1.79. The summed E-state index contributed by atoms with van der Waals surface area (Å²) in [5.41, 5.74) is 5.87. The molecule has 0 aliphatic heterocycles. The fourth-order valence-electron chi connectivity index (χ4n) is 1.13. The van der Waals surface area contributed by atoms with Crippen LogP contribution in [0.4, 0.5) is 5.69 Å². The summed E-state index contributed by atoms with van der Waals surface area (Å²) in [4.78, 5) is 11.1. The molecule has 0 unspecified atom stereocenters. The molecule has 0 fully saturated rings. The highest BCUT2D eigenvalue weighted by Crippen LogP contribution is 2.24. The number of nitrogens with one attached hydrogen (secondary N) is 1. The second kappa shape index (κ2) is 7.09. The monoisotopic (exact) mass is 244 g/mol. The highest BCUT2D eigenvalue weighted by molar-refractivity contribution is 5.93. The van der Waals surface area contributed by atoms with E-state index in [2.05, 4.69) is 5.32 Å². The molecule has 0 saturated heterocycles. The number of carbonyl (C=O) groups excluding carboxylic acids is 1. The third-order valence-electron chi connectivity index (χ3n) is 1.71. The molecule has 1 aromatic rings. The molecule has 90 valence electrons. The SMILES string of the molecule is CC(C)Oc1ccccc1NC(=O)CN.Cl. The lowest BCUT2D eigenvalue weighted by atomic mass is 10.3. The minimum atomic E-state index is -0.227. The summed E-state index contributed by atoms with van der Waals surface area (Å²) in [7, 11) is 0. The van der Waals surface area contributed by atoms with Gasteiger partial charge in [-0.1, -0.05) is 12.1 Å². The van der Waals surface area contributed by atoms with Gasteiger partial charge in [0.25, 0.3) is 0 Å². The van der Waals surface area contributed by atoms with Crippen LogP contribution in [0.15, 0.2) is 24.3 Å². The summed E-state index contributed by atoms with van der Waals surface area (Å²) >= 11 is 0. The van der Waals surface area contributed by atoms with Gasteiger partial charge in [0.05, 0.1) is 18.3 Å². The van der Waals surface area contributed by atoms with Gasteiger partial charge < -0.3 is 15.8 Å². The highest BCUT2D eigenvalue weighted by atomic mass is 35.5. The molecule has 0 aromatic heterocycles. The Morgan fingerprint density at radius 1 is 1.44 bits per heavy atom. The molecule has 4 nitrogen and oxygen atoms in total. The summed E-state index contributed by atoms with van der Waals surface area (Å²) in [6.45, 7) is 3.83. The zero-order valence-corrected chi connectivity index (χ0v) is 10.2. The van der Waals surface area contributed by atoms with Crippen LogP contribution >= 0.6 is 12.4 Å². The average molecular weight is 245 g/mol. The van der Waals surface area contributed by atoms with E-state index in [1.165, 1.54) is 0 Å². The van der Waals surface area contributed by atoms with Crippen LogP contribution in [-0.2, 0) is 4.79 Å². The Balaban J connectivity index is 0.00000225. The van der Waals surface area contributed by atoms with Crippen LogP contribution in [0.25, 0.3) is 0 Å². The zero-order chi connectivity index (χ0) is 11.3. The van der Waals surface area contributed by atoms with Crippen molar-refractivity contribution in [2.45, 2.75) is 20.0 Å². The zero-order valence-electron chi connectivity index (χ0n) is 9.40. The molecule has 0 heterocycles. The van der Waals surface area contributed by atoms with E-state index in [4.69, 9.17) is 10.5 Å². The van der Waals surface area contributed by atoms with E-state index >= 15 is 0 Å². The van der Waals surface area contributed by atoms with Gasteiger partial charge in [-0.2, -0.15) is 0 Å². The van der Waals surface area contributed by atoms with Gasteiger partial charge in [0.2, 0.25) is 5.91 Å². The summed E-state index contributed by atoms with van der Waals surface area (Å²) in [6.07, 6.45) is 0.0703. The maximum absolute atomic E-state index is 11.1. The molecule has 0 saturated carbocycles. The maximum atomic E-state index is 11.1. The topological polar surface area (TPSA) is 64.3 Å². The van der Waals surface area contributed by atoms with Gasteiger partial charge in [-0.15, -0.1) is 12.4 Å². The van der Waals surface area contributed by atoms with Crippen molar-refractivity contribution >= 4 is 24.0 Å². The number of halogens is 1. The van der Waals surface area contributed by atoms with Crippen molar-refractivity contribution in [3.63, 3.8) is 0 Å². The molecule has 0 aliphatic rings. The number of hydrogen-bond acceptors (Lipinski definition) is 3. The van der Waals surface area contributed by atoms with Crippen LogP contribution in [-0.4, -0.2) is 18.6 Å². The van der Waals surface area contributed by atoms with E-state index in [-0.39, 0.29) is 31.0 Å². The fourth-order valence-corrected chi connectivity index (χ4v) is 1.13. The molecule has 1 amide bonds. The molecule has 0 aliphatic carbocycles. The Labute approximate surface area is 102 Å². The third-order valence-corrected chi connectivity index (χ3v) is 1.71. The van der Waals surface area contributed by atoms with Crippen molar-refractivity contribution in [3.05, 3.63) is 24.3 Å². The van der Waals surface area contributed by atoms with Gasteiger partial charge in [-0.3, -0.25) is 4.79 Å². The number of ether oxygens (including phenoxy) is 1. The molecule has 0 atom stereocenters. The van der Waals surface area contributed by atoms with Crippen molar-refractivity contribution in [3.8, 4) is 5.75 Å². The van der Waals surface area contributed by atoms with Crippen LogP contribution in [0, 0.1) is 0 Å². The molecule has 1 rings (SSSR count). The Bertz CT molecular complexity index is 343. The number of nitrogens with two attached hydrogens (primary N) is 1. The first-order valence-electron chi connectivity index (χ1n) is 4.89. The summed E-state index contributed by atoms with van der Waals surface area (Å²) in [6, 6.07) is 7.28. The van der Waals surface area contributed by atoms with E-state index in [1.54, 1.807) is 6.07 Å². The molecular weight excluding hydrogens is 228 g/mol. The third kappa shape index (κ3) is 4.51. The average Bonchev–Trinajstić information content (AvgIpc) is 2.20. The van der Waals surface area contributed by atoms with E-state index in [1.807, 2.05) is 32.0 Å². The van der Waals surface area contributed by atoms with Crippen molar-refractivity contribution in [2.24, 2.45) is 5.73 Å². The van der Waals surface area contributed by atoms with Gasteiger partial charge in [-0.25, -0.2) is 0 Å². The van der Waals surface area contributed by atoms with E-state index < -0.39 is 0 Å². The van der Waals surface area contributed by atoms with Crippen LogP contribution < -0.4 is 15.8 Å². The number of benzene rings is 1. The molecule has 5 heteroatoms. The second-order valence-electron chi connectivity index (χ2n) is 3.42. The van der Waals surface area contributed by atoms with Gasteiger partial charge in [0, 0.05) is 0 Å². The molecule has 0 radical (unpaired) electrons. The molecule has 0 bridgehead atoms. The Hall–Kier alpha value is -1.26. The highest BCUT2D eigenvalue weighted by Gasteiger charge is 2.06. The number of hydrogen-bond donors (Lipinski definition) is 2. The smallest absolute Gasteiger partial charge is 0.238 e. The van der Waals surface area contributed by atoms with Crippen LogP contribution in [0.2, 0.25) is 0 Å². The van der Waals surface area contributed by atoms with Crippen molar-refractivity contribution in [1.29, 1.82) is 0 Å². The molecule has 0 spiro atoms. The molecule has 1 aromatic carbocycles. The van der Waals surface area contributed by atoms with E-state index in [0.717, 1.165) is 0 Å². The lowest BCUT2D eigenvalue weighted by Gasteiger charge is -2.14. The Morgan fingerprint density at radius 3 is 2.62 bits per heavy atom.